The van der Waals surface area contributed by atoms with E-state index in [1.807, 2.05) is 4.90 Å². The van der Waals surface area contributed by atoms with E-state index in [2.05, 4.69) is 9.74 Å². The number of pyridine rings is 1. The molecule has 1 saturated heterocycles. The first-order chi connectivity index (χ1) is 16.4. The van der Waals surface area contributed by atoms with Gasteiger partial charge in [-0.1, -0.05) is 0 Å². The van der Waals surface area contributed by atoms with Crippen LogP contribution in [0.5, 0.6) is 5.75 Å². The first-order valence-electron chi connectivity index (χ1n) is 11.0. The highest BCUT2D eigenvalue weighted by molar-refractivity contribution is 5.97. The molecule has 0 radical (unpaired) electrons. The number of ether oxygens (including phenoxy) is 1. The van der Waals surface area contributed by atoms with Gasteiger partial charge in [-0.25, -0.2) is 9.18 Å². The van der Waals surface area contributed by atoms with Crippen molar-refractivity contribution < 1.29 is 23.4 Å². The molecule has 1 saturated carbocycles. The summed E-state index contributed by atoms with van der Waals surface area (Å²) >= 11 is 0. The number of benzene rings is 1. The molecule has 0 atom stereocenters. The number of piperazine rings is 1. The smallest absolute Gasteiger partial charge is 0.345 e. The van der Waals surface area contributed by atoms with Crippen molar-refractivity contribution in [1.82, 2.24) is 9.47 Å². The van der Waals surface area contributed by atoms with Gasteiger partial charge < -0.3 is 23.7 Å². The molecule has 1 aromatic carbocycles. The van der Waals surface area contributed by atoms with Crippen LogP contribution in [0.3, 0.4) is 0 Å². The predicted molar refractivity (Wildman–Crippen MR) is 122 cm³/mol. The quantitative estimate of drug-likeness (QED) is 0.555. The average molecular weight is 466 g/mol. The molecule has 2 aliphatic rings. The van der Waals surface area contributed by atoms with Gasteiger partial charge in [0.1, 0.15) is 17.0 Å². The monoisotopic (exact) mass is 466 g/mol. The first-order valence-corrected chi connectivity index (χ1v) is 11.0. The molecule has 2 fully saturated rings. The van der Waals surface area contributed by atoms with Crippen LogP contribution < -0.4 is 15.1 Å². The van der Waals surface area contributed by atoms with E-state index >= 15 is 4.39 Å². The Morgan fingerprint density at radius 3 is 2.62 bits per heavy atom. The van der Waals surface area contributed by atoms with Crippen molar-refractivity contribution in [2.24, 2.45) is 0 Å². The Morgan fingerprint density at radius 1 is 1.29 bits per heavy atom. The number of furan rings is 1. The molecule has 176 valence electrons. The highest BCUT2D eigenvalue weighted by Crippen LogP contribution is 2.43. The summed E-state index contributed by atoms with van der Waals surface area (Å²) < 4.78 is 28.3. The molecule has 3 heterocycles. The van der Waals surface area contributed by atoms with E-state index in [-0.39, 0.29) is 34.3 Å². The van der Waals surface area contributed by atoms with Gasteiger partial charge in [0.25, 0.3) is 0 Å². The van der Waals surface area contributed by atoms with Crippen molar-refractivity contribution in [2.45, 2.75) is 25.4 Å². The third-order valence-electron chi connectivity index (χ3n) is 6.40. The fraction of sp³-hybridized carbons (Fsp3) is 0.375. The normalized spacial score (nSPS) is 16.6. The van der Waals surface area contributed by atoms with Crippen molar-refractivity contribution in [1.29, 1.82) is 0 Å². The van der Waals surface area contributed by atoms with E-state index in [9.17, 15) is 14.7 Å². The van der Waals surface area contributed by atoms with Gasteiger partial charge in [0.2, 0.25) is 5.43 Å². The number of halogens is 1. The molecule has 34 heavy (non-hydrogen) atoms. The number of hydrogen-bond acceptors (Lipinski definition) is 6. The van der Waals surface area contributed by atoms with Crippen LogP contribution in [0.15, 0.2) is 33.6 Å². The summed E-state index contributed by atoms with van der Waals surface area (Å²) in [5, 5.41) is 9.49. The zero-order valence-electron chi connectivity index (χ0n) is 18.6. The van der Waals surface area contributed by atoms with Crippen LogP contribution in [0.25, 0.3) is 15.7 Å². The van der Waals surface area contributed by atoms with Crippen LogP contribution in [0.1, 0.15) is 35.0 Å². The number of hydrogen-bond donors (Lipinski definition) is 1. The van der Waals surface area contributed by atoms with Crippen LogP contribution in [-0.4, -0.2) is 53.8 Å². The molecule has 0 spiro atoms. The van der Waals surface area contributed by atoms with E-state index in [1.165, 1.54) is 13.3 Å². The minimum Gasteiger partial charge on any atom is -0.492 e. The minimum absolute atomic E-state index is 0.0111. The van der Waals surface area contributed by atoms with Crippen molar-refractivity contribution in [3.05, 3.63) is 63.2 Å². The van der Waals surface area contributed by atoms with E-state index in [0.717, 1.165) is 18.9 Å². The van der Waals surface area contributed by atoms with Gasteiger partial charge in [-0.05, 0) is 31.0 Å². The molecule has 1 aliphatic heterocycles. The number of carboxylic acid groups (broad SMARTS) is 1. The van der Waals surface area contributed by atoms with Crippen LogP contribution in [0.4, 0.5) is 16.0 Å². The van der Waals surface area contributed by atoms with Gasteiger partial charge in [0.15, 0.2) is 11.6 Å². The Bertz CT molecular complexity index is 1380. The number of aromatic carboxylic acids is 1. The maximum Gasteiger partial charge on any atom is 0.345 e. The van der Waals surface area contributed by atoms with E-state index in [1.54, 1.807) is 16.7 Å². The number of carboxylic acids is 1. The summed E-state index contributed by atoms with van der Waals surface area (Å²) in [6.07, 6.45) is 3.06. The van der Waals surface area contributed by atoms with Crippen molar-refractivity contribution in [2.75, 3.05) is 38.2 Å². The Labute approximate surface area is 194 Å². The number of methoxy groups -OCH3 is 1. The maximum atomic E-state index is 15.4. The first kappa shape index (κ1) is 22.0. The van der Waals surface area contributed by atoms with Crippen LogP contribution in [0, 0.1) is 12.4 Å². The summed E-state index contributed by atoms with van der Waals surface area (Å²) in [5.41, 5.74) is -0.382. The van der Waals surface area contributed by atoms with Gasteiger partial charge in [-0.2, -0.15) is 4.85 Å². The molecule has 2 aromatic heterocycles. The number of carbonyl (C=O) groups is 1. The Morgan fingerprint density at radius 2 is 2.03 bits per heavy atom. The van der Waals surface area contributed by atoms with Crippen molar-refractivity contribution in [3.63, 3.8) is 0 Å². The fourth-order valence-electron chi connectivity index (χ4n) is 4.59. The summed E-state index contributed by atoms with van der Waals surface area (Å²) in [7, 11) is 1.44. The zero-order chi connectivity index (χ0) is 24.0. The molecule has 0 unspecified atom stereocenters. The SMILES string of the molecule is [C-]#[N+]c1ccc(CN2CCN(c3c(F)cc4c(=O)c(C(=O)O)cn(C5CC5)c4c3OC)CC2)o1. The molecule has 10 heteroatoms. The lowest BCUT2D eigenvalue weighted by Gasteiger charge is -2.36. The van der Waals surface area contributed by atoms with Crippen LogP contribution in [0.2, 0.25) is 0 Å². The predicted octanol–water partition coefficient (Wildman–Crippen LogP) is 3.65. The van der Waals surface area contributed by atoms with Crippen molar-refractivity contribution >= 4 is 28.4 Å². The van der Waals surface area contributed by atoms with Crippen LogP contribution in [-0.2, 0) is 6.54 Å². The molecule has 1 N–H and O–H groups in total. The molecule has 0 bridgehead atoms. The minimum atomic E-state index is -1.33. The molecular formula is C24H23FN4O5. The third-order valence-corrected chi connectivity index (χ3v) is 6.40. The van der Waals surface area contributed by atoms with Gasteiger partial charge in [0, 0.05) is 38.4 Å². The van der Waals surface area contributed by atoms with E-state index < -0.39 is 17.2 Å². The number of nitrogens with zero attached hydrogens (tertiary/aromatic N) is 4. The lowest BCUT2D eigenvalue weighted by molar-refractivity contribution is 0.0694. The summed E-state index contributed by atoms with van der Waals surface area (Å²) in [5.74, 6) is -0.744. The van der Waals surface area contributed by atoms with E-state index in [4.69, 9.17) is 15.7 Å². The molecular weight excluding hydrogens is 443 g/mol. The maximum absolute atomic E-state index is 15.4. The molecule has 5 rings (SSSR count). The largest absolute Gasteiger partial charge is 0.492 e. The molecule has 0 amide bonds. The second-order valence-electron chi connectivity index (χ2n) is 8.57. The molecule has 1 aliphatic carbocycles. The Balaban J connectivity index is 1.49. The summed E-state index contributed by atoms with van der Waals surface area (Å²) in [6, 6.07) is 4.62. The average Bonchev–Trinajstić information content (AvgIpc) is 3.57. The lowest BCUT2D eigenvalue weighted by Crippen LogP contribution is -2.46. The lowest BCUT2D eigenvalue weighted by atomic mass is 10.1. The van der Waals surface area contributed by atoms with Gasteiger partial charge in [-0.15, -0.1) is 0 Å². The topological polar surface area (TPSA) is 92.5 Å². The number of anilines is 1. The van der Waals surface area contributed by atoms with Crippen LogP contribution >= 0.6 is 0 Å². The zero-order valence-corrected chi connectivity index (χ0v) is 18.6. The van der Waals surface area contributed by atoms with Gasteiger partial charge >= 0.3 is 11.9 Å². The fourth-order valence-corrected chi connectivity index (χ4v) is 4.59. The third kappa shape index (κ3) is 3.78. The standard InChI is InChI=1S/C24H23FN4O5/c1-26-19-6-5-15(34-19)12-27-7-9-28(10-8-27)21-18(25)11-16-20(23(21)33-2)29(14-3-4-14)13-17(22(16)30)24(31)32/h5-6,11,13-14H,3-4,7-10,12H2,2H3,(H,31,32). The highest BCUT2D eigenvalue weighted by Gasteiger charge is 2.32. The molecule has 3 aromatic rings. The number of aromatic nitrogens is 1. The van der Waals surface area contributed by atoms with E-state index in [0.29, 0.717) is 44.0 Å². The van der Waals surface area contributed by atoms with Crippen molar-refractivity contribution in [3.8, 4) is 5.75 Å². The second kappa shape index (κ2) is 8.50. The summed E-state index contributed by atoms with van der Waals surface area (Å²) in [4.78, 5) is 31.8. The second-order valence-corrected chi connectivity index (χ2v) is 8.57. The number of rotatable bonds is 6. The Hall–Kier alpha value is -3.84. The number of fused-ring (bicyclic) bond motifs is 1. The Kier molecular flexibility index (Phi) is 5.49. The van der Waals surface area contributed by atoms with Gasteiger partial charge in [0.05, 0.1) is 31.1 Å². The highest BCUT2D eigenvalue weighted by atomic mass is 19.1. The molecule has 9 nitrogen and oxygen atoms in total. The van der Waals surface area contributed by atoms with Gasteiger partial charge in [-0.3, -0.25) is 9.69 Å². The summed E-state index contributed by atoms with van der Waals surface area (Å²) in [6.45, 7) is 9.90.